The van der Waals surface area contributed by atoms with Gasteiger partial charge in [0.15, 0.2) is 5.16 Å². The van der Waals surface area contributed by atoms with Crippen LogP contribution in [0.25, 0.3) is 16.6 Å². The molecule has 6 heteroatoms. The van der Waals surface area contributed by atoms with Crippen LogP contribution in [0.15, 0.2) is 52.4 Å². The third-order valence-electron chi connectivity index (χ3n) is 6.29. The Labute approximate surface area is 187 Å². The van der Waals surface area contributed by atoms with E-state index in [0.717, 1.165) is 42.7 Å². The molecule has 1 atom stereocenters. The Kier molecular flexibility index (Phi) is 6.19. The average molecular weight is 436 g/mol. The fourth-order valence-electron chi connectivity index (χ4n) is 4.08. The van der Waals surface area contributed by atoms with E-state index >= 15 is 0 Å². The first-order valence-corrected chi connectivity index (χ1v) is 11.8. The molecule has 2 heterocycles. The second-order valence-corrected chi connectivity index (χ2v) is 9.85. The van der Waals surface area contributed by atoms with Crippen LogP contribution in [0.5, 0.6) is 0 Å². The van der Waals surface area contributed by atoms with Gasteiger partial charge in [0.25, 0.3) is 5.56 Å². The van der Waals surface area contributed by atoms with Crippen molar-refractivity contribution in [2.24, 2.45) is 5.92 Å². The molecule has 1 aliphatic rings. The van der Waals surface area contributed by atoms with Gasteiger partial charge in [0, 0.05) is 13.1 Å². The molecule has 1 saturated heterocycles. The predicted octanol–water partition coefficient (Wildman–Crippen LogP) is 4.74. The van der Waals surface area contributed by atoms with Crippen molar-refractivity contribution in [3.8, 4) is 5.69 Å². The van der Waals surface area contributed by atoms with Crippen molar-refractivity contribution >= 4 is 28.6 Å². The molecule has 1 amide bonds. The van der Waals surface area contributed by atoms with Crippen molar-refractivity contribution in [3.05, 3.63) is 63.9 Å². The maximum absolute atomic E-state index is 13.5. The van der Waals surface area contributed by atoms with Crippen LogP contribution in [-0.2, 0) is 4.79 Å². The number of nitrogens with zero attached hydrogens (tertiary/aromatic N) is 3. The summed E-state index contributed by atoms with van der Waals surface area (Å²) in [6, 6.07) is 13.3. The molecule has 0 N–H and O–H groups in total. The molecule has 0 aliphatic carbocycles. The highest BCUT2D eigenvalue weighted by Gasteiger charge is 2.27. The summed E-state index contributed by atoms with van der Waals surface area (Å²) >= 11 is 1.37. The number of piperidine rings is 1. The Balaban J connectivity index is 1.77. The Morgan fingerprint density at radius 1 is 1.10 bits per heavy atom. The van der Waals surface area contributed by atoms with E-state index in [1.807, 2.05) is 68.1 Å². The smallest absolute Gasteiger partial charge is 0.266 e. The van der Waals surface area contributed by atoms with Crippen molar-refractivity contribution in [2.45, 2.75) is 50.9 Å². The summed E-state index contributed by atoms with van der Waals surface area (Å²) < 4.78 is 1.68. The maximum atomic E-state index is 13.5. The molecule has 0 spiro atoms. The quantitative estimate of drug-likeness (QED) is 0.439. The zero-order valence-electron chi connectivity index (χ0n) is 18.6. The summed E-state index contributed by atoms with van der Waals surface area (Å²) in [4.78, 5) is 33.4. The summed E-state index contributed by atoms with van der Waals surface area (Å²) in [5, 5.41) is 0.818. The number of hydrogen-bond donors (Lipinski definition) is 0. The highest BCUT2D eigenvalue weighted by molar-refractivity contribution is 8.00. The number of likely N-dealkylation sites (tertiary alicyclic amines) is 1. The summed E-state index contributed by atoms with van der Waals surface area (Å²) in [5.41, 5.74) is 3.51. The van der Waals surface area contributed by atoms with E-state index in [1.165, 1.54) is 11.8 Å². The van der Waals surface area contributed by atoms with Gasteiger partial charge in [0.05, 0.1) is 21.8 Å². The monoisotopic (exact) mass is 435 g/mol. The van der Waals surface area contributed by atoms with Crippen molar-refractivity contribution in [1.82, 2.24) is 14.5 Å². The number of para-hydroxylation sites is 1. The van der Waals surface area contributed by atoms with Crippen molar-refractivity contribution in [1.29, 1.82) is 0 Å². The van der Waals surface area contributed by atoms with Gasteiger partial charge in [0.1, 0.15) is 0 Å². The molecule has 4 rings (SSSR count). The minimum absolute atomic E-state index is 0.103. The Morgan fingerprint density at radius 3 is 2.55 bits per heavy atom. The molecule has 1 aliphatic heterocycles. The predicted molar refractivity (Wildman–Crippen MR) is 127 cm³/mol. The van der Waals surface area contributed by atoms with Gasteiger partial charge in [-0.2, -0.15) is 0 Å². The lowest BCUT2D eigenvalue weighted by Crippen LogP contribution is -2.42. The number of fused-ring (bicyclic) bond motifs is 1. The number of benzene rings is 2. The summed E-state index contributed by atoms with van der Waals surface area (Å²) in [6.07, 6.45) is 2.09. The van der Waals surface area contributed by atoms with E-state index in [1.54, 1.807) is 4.57 Å². The van der Waals surface area contributed by atoms with Crippen molar-refractivity contribution in [3.63, 3.8) is 0 Å². The Morgan fingerprint density at radius 2 is 1.81 bits per heavy atom. The number of rotatable bonds is 4. The summed E-state index contributed by atoms with van der Waals surface area (Å²) in [5.74, 6) is 0.787. The lowest BCUT2D eigenvalue weighted by molar-refractivity contribution is -0.131. The van der Waals surface area contributed by atoms with Crippen LogP contribution in [0, 0.1) is 19.8 Å². The van der Waals surface area contributed by atoms with Crippen LogP contribution in [0.2, 0.25) is 0 Å². The number of amides is 1. The van der Waals surface area contributed by atoms with Gasteiger partial charge in [-0.25, -0.2) is 4.98 Å². The lowest BCUT2D eigenvalue weighted by atomic mass is 9.99. The van der Waals surface area contributed by atoms with Gasteiger partial charge in [-0.05, 0) is 68.9 Å². The van der Waals surface area contributed by atoms with Crippen LogP contribution in [0.3, 0.4) is 0 Å². The molecule has 31 heavy (non-hydrogen) atoms. The van der Waals surface area contributed by atoms with Crippen LogP contribution < -0.4 is 5.56 Å². The molecule has 0 bridgehead atoms. The van der Waals surface area contributed by atoms with Crippen molar-refractivity contribution < 1.29 is 4.79 Å². The minimum Gasteiger partial charge on any atom is -0.342 e. The Bertz CT molecular complexity index is 1180. The molecular formula is C25H29N3O2S. The third-order valence-corrected chi connectivity index (χ3v) is 7.33. The van der Waals surface area contributed by atoms with E-state index in [4.69, 9.17) is 4.98 Å². The first-order valence-electron chi connectivity index (χ1n) is 10.9. The van der Waals surface area contributed by atoms with Gasteiger partial charge in [-0.15, -0.1) is 0 Å². The fraction of sp³-hybridized carbons (Fsp3) is 0.400. The highest BCUT2D eigenvalue weighted by Crippen LogP contribution is 2.29. The van der Waals surface area contributed by atoms with E-state index in [0.29, 0.717) is 22.0 Å². The molecule has 2 aromatic carbocycles. The maximum Gasteiger partial charge on any atom is 0.266 e. The van der Waals surface area contributed by atoms with Gasteiger partial charge < -0.3 is 4.90 Å². The number of aryl methyl sites for hydroxylation is 1. The van der Waals surface area contributed by atoms with Crippen LogP contribution >= 0.6 is 11.8 Å². The molecule has 5 nitrogen and oxygen atoms in total. The molecule has 1 aromatic heterocycles. The van der Waals surface area contributed by atoms with Gasteiger partial charge in [0.2, 0.25) is 5.91 Å². The molecular weight excluding hydrogens is 406 g/mol. The topological polar surface area (TPSA) is 55.2 Å². The number of thioether (sulfide) groups is 1. The van der Waals surface area contributed by atoms with Crippen LogP contribution in [0.1, 0.15) is 37.8 Å². The Hall–Kier alpha value is -2.60. The first kappa shape index (κ1) is 21.6. The lowest BCUT2D eigenvalue weighted by Gasteiger charge is -2.32. The largest absolute Gasteiger partial charge is 0.342 e. The third kappa shape index (κ3) is 4.26. The van der Waals surface area contributed by atoms with E-state index in [-0.39, 0.29) is 16.7 Å². The molecule has 162 valence electrons. The second kappa shape index (κ2) is 8.87. The highest BCUT2D eigenvalue weighted by atomic mass is 32.2. The SMILES string of the molecule is Cc1cccc(-n2c(SC(C)C(=O)N3CCC(C)CC3)nc3ccccc3c2=O)c1C. The molecule has 3 aromatic rings. The number of carbonyl (C=O) groups is 1. The molecule has 0 saturated carbocycles. The molecule has 1 unspecified atom stereocenters. The van der Waals surface area contributed by atoms with Crippen LogP contribution in [-0.4, -0.2) is 38.7 Å². The number of aromatic nitrogens is 2. The first-order chi connectivity index (χ1) is 14.9. The van der Waals surface area contributed by atoms with E-state index in [2.05, 4.69) is 6.92 Å². The van der Waals surface area contributed by atoms with Crippen LogP contribution in [0.4, 0.5) is 0 Å². The van der Waals surface area contributed by atoms with E-state index in [9.17, 15) is 9.59 Å². The van der Waals surface area contributed by atoms with Gasteiger partial charge in [-0.1, -0.05) is 43.0 Å². The number of hydrogen-bond acceptors (Lipinski definition) is 4. The molecule has 0 radical (unpaired) electrons. The van der Waals surface area contributed by atoms with Gasteiger partial charge in [-0.3, -0.25) is 14.2 Å². The van der Waals surface area contributed by atoms with E-state index < -0.39 is 0 Å². The zero-order valence-corrected chi connectivity index (χ0v) is 19.4. The second-order valence-electron chi connectivity index (χ2n) is 8.54. The summed E-state index contributed by atoms with van der Waals surface area (Å²) in [7, 11) is 0. The van der Waals surface area contributed by atoms with Crippen molar-refractivity contribution in [2.75, 3.05) is 13.1 Å². The average Bonchev–Trinajstić information content (AvgIpc) is 2.76. The standard InChI is InChI=1S/C25H29N3O2S/c1-16-12-14-27(15-13-16)23(29)19(4)31-25-26-21-10-6-5-9-20(21)24(30)28(25)22-11-7-8-17(2)18(22)3/h5-11,16,19H,12-15H2,1-4H3. The number of carbonyl (C=O) groups excluding carboxylic acids is 1. The summed E-state index contributed by atoms with van der Waals surface area (Å²) in [6.45, 7) is 9.82. The molecule has 1 fully saturated rings. The normalized spacial score (nSPS) is 15.9. The zero-order chi connectivity index (χ0) is 22.1. The minimum atomic E-state index is -0.321. The van der Waals surface area contributed by atoms with Gasteiger partial charge >= 0.3 is 0 Å². The fourth-order valence-corrected chi connectivity index (χ4v) is 5.08.